The topological polar surface area (TPSA) is 53.4 Å². The molecule has 8 heteroatoms. The zero-order chi connectivity index (χ0) is 22.0. The van der Waals surface area contributed by atoms with Crippen LogP contribution in [0.15, 0.2) is 70.6 Å². The molecule has 0 unspecified atom stereocenters. The number of methoxy groups -OCH3 is 2. The summed E-state index contributed by atoms with van der Waals surface area (Å²) in [5, 5.41) is 0.828. The molecule has 0 radical (unpaired) electrons. The van der Waals surface area contributed by atoms with Crippen LogP contribution >= 0.6 is 11.8 Å². The number of nitrogens with zero attached hydrogens (tertiary/aromatic N) is 2. The van der Waals surface area contributed by atoms with Gasteiger partial charge in [0.1, 0.15) is 23.1 Å². The first kappa shape index (κ1) is 20.9. The van der Waals surface area contributed by atoms with Gasteiger partial charge in [0.2, 0.25) is 0 Å². The lowest BCUT2D eigenvalue weighted by molar-refractivity contribution is 0.394. The van der Waals surface area contributed by atoms with Crippen LogP contribution < -0.4 is 15.0 Å². The van der Waals surface area contributed by atoms with Crippen molar-refractivity contribution in [1.29, 1.82) is 0 Å². The van der Waals surface area contributed by atoms with E-state index in [1.165, 1.54) is 42.7 Å². The van der Waals surface area contributed by atoms with Gasteiger partial charge in [0, 0.05) is 30.0 Å². The van der Waals surface area contributed by atoms with Gasteiger partial charge in [-0.25, -0.2) is 13.8 Å². The zero-order valence-corrected chi connectivity index (χ0v) is 17.6. The normalized spacial score (nSPS) is 11.0. The third-order valence-electron chi connectivity index (χ3n) is 4.63. The Balaban J connectivity index is 1.87. The molecule has 1 aromatic heterocycles. The summed E-state index contributed by atoms with van der Waals surface area (Å²) in [6.07, 6.45) is 0. The number of fused-ring (bicyclic) bond motifs is 1. The van der Waals surface area contributed by atoms with E-state index in [2.05, 4.69) is 4.98 Å². The number of para-hydroxylation sites is 1. The van der Waals surface area contributed by atoms with E-state index in [-0.39, 0.29) is 11.3 Å². The van der Waals surface area contributed by atoms with Crippen molar-refractivity contribution in [2.75, 3.05) is 14.2 Å². The molecule has 0 atom stereocenters. The molecular formula is C23H18F2N2O3S. The van der Waals surface area contributed by atoms with Crippen LogP contribution in [-0.2, 0) is 5.75 Å². The number of hydrogen-bond donors (Lipinski definition) is 0. The second kappa shape index (κ2) is 8.77. The maximum absolute atomic E-state index is 13.6. The average Bonchev–Trinajstić information content (AvgIpc) is 2.76. The van der Waals surface area contributed by atoms with Gasteiger partial charge in [-0.2, -0.15) is 0 Å². The first-order valence-corrected chi connectivity index (χ1v) is 10.3. The monoisotopic (exact) mass is 440 g/mol. The van der Waals surface area contributed by atoms with Crippen LogP contribution in [0.4, 0.5) is 8.78 Å². The Bertz CT molecular complexity index is 1280. The minimum absolute atomic E-state index is 0.223. The molecule has 0 aliphatic carbocycles. The van der Waals surface area contributed by atoms with E-state index >= 15 is 0 Å². The highest BCUT2D eigenvalue weighted by molar-refractivity contribution is 7.98. The first-order chi connectivity index (χ1) is 15.0. The van der Waals surface area contributed by atoms with Gasteiger partial charge in [-0.1, -0.05) is 23.9 Å². The van der Waals surface area contributed by atoms with E-state index in [0.29, 0.717) is 38.8 Å². The van der Waals surface area contributed by atoms with E-state index in [4.69, 9.17) is 9.47 Å². The molecule has 0 fully saturated rings. The zero-order valence-electron chi connectivity index (χ0n) is 16.8. The minimum Gasteiger partial charge on any atom is -0.497 e. The Morgan fingerprint density at radius 2 is 1.58 bits per heavy atom. The summed E-state index contributed by atoms with van der Waals surface area (Å²) in [6, 6.07) is 15.5. The molecule has 0 spiro atoms. The van der Waals surface area contributed by atoms with Gasteiger partial charge >= 0.3 is 0 Å². The molecule has 0 aliphatic heterocycles. The lowest BCUT2D eigenvalue weighted by atomic mass is 10.2. The molecule has 4 aromatic rings. The molecule has 0 bridgehead atoms. The Kier molecular flexibility index (Phi) is 5.90. The SMILES string of the molecule is COc1cc(OC)cc(-n2c(SCc3cc(F)cc(F)c3)nc3ccccc3c2=O)c1. The average molecular weight is 440 g/mol. The molecule has 158 valence electrons. The van der Waals surface area contributed by atoms with Gasteiger partial charge in [0.15, 0.2) is 5.16 Å². The van der Waals surface area contributed by atoms with Crippen LogP contribution in [0.5, 0.6) is 11.5 Å². The Morgan fingerprint density at radius 3 is 2.23 bits per heavy atom. The lowest BCUT2D eigenvalue weighted by Gasteiger charge is -2.15. The molecule has 0 N–H and O–H groups in total. The summed E-state index contributed by atoms with van der Waals surface area (Å²) in [7, 11) is 3.04. The second-order valence-corrected chi connectivity index (χ2v) is 7.63. The van der Waals surface area contributed by atoms with Crippen LogP contribution in [0.3, 0.4) is 0 Å². The van der Waals surface area contributed by atoms with Gasteiger partial charge in [-0.15, -0.1) is 0 Å². The van der Waals surface area contributed by atoms with Crippen molar-refractivity contribution in [3.63, 3.8) is 0 Å². The van der Waals surface area contributed by atoms with E-state index in [9.17, 15) is 13.6 Å². The van der Waals surface area contributed by atoms with Crippen LogP contribution in [0.25, 0.3) is 16.6 Å². The van der Waals surface area contributed by atoms with Crippen LogP contribution in [0.1, 0.15) is 5.56 Å². The number of rotatable bonds is 6. The summed E-state index contributed by atoms with van der Waals surface area (Å²) < 4.78 is 39.3. The van der Waals surface area contributed by atoms with Gasteiger partial charge in [-0.3, -0.25) is 9.36 Å². The van der Waals surface area contributed by atoms with Gasteiger partial charge in [0.05, 0.1) is 30.8 Å². The number of benzene rings is 3. The highest BCUT2D eigenvalue weighted by Gasteiger charge is 2.16. The first-order valence-electron chi connectivity index (χ1n) is 9.31. The third kappa shape index (κ3) is 4.39. The predicted molar refractivity (Wildman–Crippen MR) is 116 cm³/mol. The number of thioether (sulfide) groups is 1. The lowest BCUT2D eigenvalue weighted by Crippen LogP contribution is -2.22. The van der Waals surface area contributed by atoms with Gasteiger partial charge < -0.3 is 9.47 Å². The molecule has 4 rings (SSSR count). The summed E-state index contributed by atoms with van der Waals surface area (Å²) in [6.45, 7) is 0. The molecule has 0 saturated carbocycles. The molecule has 0 amide bonds. The number of hydrogen-bond acceptors (Lipinski definition) is 5. The molecule has 0 aliphatic rings. The van der Waals surface area contributed by atoms with E-state index in [1.807, 2.05) is 0 Å². The predicted octanol–water partition coefficient (Wildman–Crippen LogP) is 4.97. The number of halogens is 2. The molecular weight excluding hydrogens is 422 g/mol. The van der Waals surface area contributed by atoms with Gasteiger partial charge in [0.25, 0.3) is 5.56 Å². The summed E-state index contributed by atoms with van der Waals surface area (Å²) in [5.74, 6) is -0.0651. The van der Waals surface area contributed by atoms with Crippen molar-refractivity contribution in [1.82, 2.24) is 9.55 Å². The largest absolute Gasteiger partial charge is 0.497 e. The van der Waals surface area contributed by atoms with Crippen molar-refractivity contribution in [2.45, 2.75) is 10.9 Å². The molecule has 3 aromatic carbocycles. The number of ether oxygens (including phenoxy) is 2. The maximum atomic E-state index is 13.6. The number of aromatic nitrogens is 2. The molecule has 1 heterocycles. The van der Waals surface area contributed by atoms with E-state index in [1.54, 1.807) is 42.5 Å². The fraction of sp³-hybridized carbons (Fsp3) is 0.130. The Morgan fingerprint density at radius 1 is 0.935 bits per heavy atom. The standard InChI is InChI=1S/C23H18F2N2O3S/c1-29-18-10-17(11-19(12-18)30-2)27-22(28)20-5-3-4-6-21(20)26-23(27)31-13-14-7-15(24)9-16(25)8-14/h3-12H,13H2,1-2H3. The van der Waals surface area contributed by atoms with Gasteiger partial charge in [-0.05, 0) is 29.8 Å². The van der Waals surface area contributed by atoms with Crippen molar-refractivity contribution in [2.24, 2.45) is 0 Å². The summed E-state index contributed by atoms with van der Waals surface area (Å²) >= 11 is 1.21. The van der Waals surface area contributed by atoms with Crippen molar-refractivity contribution < 1.29 is 18.3 Å². The van der Waals surface area contributed by atoms with Crippen molar-refractivity contribution >= 4 is 22.7 Å². The Hall–Kier alpha value is -3.39. The van der Waals surface area contributed by atoms with Crippen molar-refractivity contribution in [3.05, 3.63) is 88.2 Å². The minimum atomic E-state index is -0.656. The van der Waals surface area contributed by atoms with Crippen LogP contribution in [-0.4, -0.2) is 23.8 Å². The summed E-state index contributed by atoms with van der Waals surface area (Å²) in [5.41, 5.74) is 1.22. The fourth-order valence-electron chi connectivity index (χ4n) is 3.20. The fourth-order valence-corrected chi connectivity index (χ4v) is 4.14. The summed E-state index contributed by atoms with van der Waals surface area (Å²) in [4.78, 5) is 18.0. The quantitative estimate of drug-likeness (QED) is 0.313. The van der Waals surface area contributed by atoms with Crippen LogP contribution in [0, 0.1) is 11.6 Å². The molecule has 5 nitrogen and oxygen atoms in total. The highest BCUT2D eigenvalue weighted by Crippen LogP contribution is 2.29. The third-order valence-corrected chi connectivity index (χ3v) is 5.64. The maximum Gasteiger partial charge on any atom is 0.266 e. The molecule has 0 saturated heterocycles. The van der Waals surface area contributed by atoms with Crippen LogP contribution in [0.2, 0.25) is 0 Å². The highest BCUT2D eigenvalue weighted by atomic mass is 32.2. The Labute approximate surface area is 181 Å². The second-order valence-electron chi connectivity index (χ2n) is 6.69. The van der Waals surface area contributed by atoms with E-state index < -0.39 is 11.6 Å². The van der Waals surface area contributed by atoms with Crippen molar-refractivity contribution in [3.8, 4) is 17.2 Å². The molecule has 31 heavy (non-hydrogen) atoms. The van der Waals surface area contributed by atoms with E-state index in [0.717, 1.165) is 6.07 Å². The smallest absolute Gasteiger partial charge is 0.266 e.